The van der Waals surface area contributed by atoms with Crippen LogP contribution in [0.25, 0.3) is 0 Å². The molecule has 0 saturated carbocycles. The lowest BCUT2D eigenvalue weighted by molar-refractivity contribution is -0.117. The van der Waals surface area contributed by atoms with E-state index in [1.807, 2.05) is 24.3 Å². The minimum Gasteiger partial charge on any atom is -0.346 e. The Balaban J connectivity index is 1.30. The zero-order valence-corrected chi connectivity index (χ0v) is 15.9. The van der Waals surface area contributed by atoms with Gasteiger partial charge in [-0.2, -0.15) is 0 Å². The fourth-order valence-corrected chi connectivity index (χ4v) is 4.33. The lowest BCUT2D eigenvalue weighted by Gasteiger charge is -2.28. The van der Waals surface area contributed by atoms with Gasteiger partial charge in [-0.25, -0.2) is 0 Å². The maximum absolute atomic E-state index is 12.5. The van der Waals surface area contributed by atoms with Crippen molar-refractivity contribution in [2.24, 2.45) is 5.92 Å². The van der Waals surface area contributed by atoms with Crippen molar-refractivity contribution in [1.82, 2.24) is 15.6 Å². The molecule has 1 aromatic carbocycles. The van der Waals surface area contributed by atoms with Crippen LogP contribution in [0.5, 0.6) is 0 Å². The lowest BCUT2D eigenvalue weighted by Crippen LogP contribution is -2.39. The lowest BCUT2D eigenvalue weighted by atomic mass is 9.89. The smallest absolute Gasteiger partial charge is 0.251 e. The molecule has 0 aliphatic carbocycles. The van der Waals surface area contributed by atoms with E-state index in [9.17, 15) is 9.59 Å². The fourth-order valence-electron chi connectivity index (χ4n) is 4.33. The standard InChI is InChI=1S/C22H26N4O2/c27-21(12-15-10-18-7-8-19(11-15)25-18)26-17-6-3-4-16(13-17)22(28)24-14-20-5-1-2-9-23-20/h1-6,9,13,15,18-19,25H,7-8,10-12,14H2,(H,24,28)(H,26,27). The van der Waals surface area contributed by atoms with Crippen LogP contribution in [-0.4, -0.2) is 28.9 Å². The molecule has 2 fully saturated rings. The van der Waals surface area contributed by atoms with Crippen LogP contribution in [0.15, 0.2) is 48.7 Å². The summed E-state index contributed by atoms with van der Waals surface area (Å²) in [6.45, 7) is 0.369. The molecule has 28 heavy (non-hydrogen) atoms. The summed E-state index contributed by atoms with van der Waals surface area (Å²) >= 11 is 0. The van der Waals surface area contributed by atoms with Crippen LogP contribution < -0.4 is 16.0 Å². The van der Waals surface area contributed by atoms with Crippen molar-refractivity contribution >= 4 is 17.5 Å². The normalized spacial score (nSPS) is 23.2. The van der Waals surface area contributed by atoms with Crippen molar-refractivity contribution in [3.8, 4) is 0 Å². The number of amides is 2. The van der Waals surface area contributed by atoms with Crippen molar-refractivity contribution < 1.29 is 9.59 Å². The summed E-state index contributed by atoms with van der Waals surface area (Å²) in [5, 5.41) is 9.42. The van der Waals surface area contributed by atoms with Crippen LogP contribution in [-0.2, 0) is 11.3 Å². The summed E-state index contributed by atoms with van der Waals surface area (Å²) in [6, 6.07) is 13.8. The first-order valence-electron chi connectivity index (χ1n) is 10.00. The predicted molar refractivity (Wildman–Crippen MR) is 108 cm³/mol. The van der Waals surface area contributed by atoms with Gasteiger partial charge in [0.15, 0.2) is 0 Å². The molecule has 2 aliphatic rings. The molecule has 0 spiro atoms. The van der Waals surface area contributed by atoms with Crippen LogP contribution in [0.4, 0.5) is 5.69 Å². The maximum atomic E-state index is 12.5. The highest BCUT2D eigenvalue weighted by molar-refractivity contribution is 5.97. The molecule has 2 aliphatic heterocycles. The Kier molecular flexibility index (Phi) is 5.67. The number of aromatic nitrogens is 1. The van der Waals surface area contributed by atoms with Gasteiger partial charge in [0.05, 0.1) is 12.2 Å². The third-order valence-electron chi connectivity index (χ3n) is 5.61. The van der Waals surface area contributed by atoms with Gasteiger partial charge in [0.25, 0.3) is 5.91 Å². The largest absolute Gasteiger partial charge is 0.346 e. The van der Waals surface area contributed by atoms with Crippen LogP contribution in [0.3, 0.4) is 0 Å². The summed E-state index contributed by atoms with van der Waals surface area (Å²) in [5.41, 5.74) is 1.98. The second-order valence-corrected chi connectivity index (χ2v) is 7.81. The second-order valence-electron chi connectivity index (χ2n) is 7.81. The molecule has 0 radical (unpaired) electrons. The number of carbonyl (C=O) groups is 2. The molecular weight excluding hydrogens is 352 g/mol. The number of nitrogens with zero attached hydrogens (tertiary/aromatic N) is 1. The van der Waals surface area contributed by atoms with Gasteiger partial charge in [0.2, 0.25) is 5.91 Å². The minimum atomic E-state index is -0.184. The summed E-state index contributed by atoms with van der Waals surface area (Å²) in [7, 11) is 0. The number of pyridine rings is 1. The summed E-state index contributed by atoms with van der Waals surface area (Å²) in [6.07, 6.45) is 6.88. The highest BCUT2D eigenvalue weighted by atomic mass is 16.2. The molecule has 4 rings (SSSR count). The van der Waals surface area contributed by atoms with E-state index in [1.54, 1.807) is 24.4 Å². The zero-order valence-electron chi connectivity index (χ0n) is 15.9. The fraction of sp³-hybridized carbons (Fsp3) is 0.409. The van der Waals surface area contributed by atoms with Crippen LogP contribution in [0, 0.1) is 5.92 Å². The van der Waals surface area contributed by atoms with E-state index >= 15 is 0 Å². The first-order valence-corrected chi connectivity index (χ1v) is 10.00. The molecule has 1 aromatic heterocycles. The number of piperidine rings is 1. The molecule has 2 aromatic rings. The van der Waals surface area contributed by atoms with E-state index in [-0.39, 0.29) is 11.8 Å². The van der Waals surface area contributed by atoms with Gasteiger partial charge in [-0.3, -0.25) is 14.6 Å². The average molecular weight is 378 g/mol. The van der Waals surface area contributed by atoms with E-state index < -0.39 is 0 Å². The summed E-state index contributed by atoms with van der Waals surface area (Å²) < 4.78 is 0. The number of rotatable bonds is 6. The summed E-state index contributed by atoms with van der Waals surface area (Å²) in [5.74, 6) is 0.289. The Morgan fingerprint density at radius 1 is 1.07 bits per heavy atom. The first-order chi connectivity index (χ1) is 13.7. The van der Waals surface area contributed by atoms with Crippen molar-refractivity contribution in [3.05, 3.63) is 59.9 Å². The minimum absolute atomic E-state index is 0.0253. The topological polar surface area (TPSA) is 83.1 Å². The number of anilines is 1. The Morgan fingerprint density at radius 2 is 1.89 bits per heavy atom. The molecular formula is C22H26N4O2. The Bertz CT molecular complexity index is 827. The van der Waals surface area contributed by atoms with E-state index in [2.05, 4.69) is 20.9 Å². The SMILES string of the molecule is O=C(CC1CC2CCC(C1)N2)Nc1cccc(C(=O)NCc2ccccn2)c1. The van der Waals surface area contributed by atoms with Gasteiger partial charge in [-0.05, 0) is 61.9 Å². The van der Waals surface area contributed by atoms with E-state index in [1.165, 1.54) is 12.8 Å². The second kappa shape index (κ2) is 8.52. The van der Waals surface area contributed by atoms with Crippen LogP contribution >= 0.6 is 0 Å². The van der Waals surface area contributed by atoms with Crippen molar-refractivity contribution in [3.63, 3.8) is 0 Å². The number of benzene rings is 1. The van der Waals surface area contributed by atoms with Crippen LogP contribution in [0.1, 0.15) is 48.2 Å². The van der Waals surface area contributed by atoms with Crippen LogP contribution in [0.2, 0.25) is 0 Å². The van der Waals surface area contributed by atoms with Gasteiger partial charge in [0.1, 0.15) is 0 Å². The third-order valence-corrected chi connectivity index (χ3v) is 5.61. The van der Waals surface area contributed by atoms with Gasteiger partial charge in [-0.1, -0.05) is 12.1 Å². The quantitative estimate of drug-likeness (QED) is 0.722. The number of carbonyl (C=O) groups excluding carboxylic acids is 2. The van der Waals surface area contributed by atoms with E-state index in [0.29, 0.717) is 42.2 Å². The van der Waals surface area contributed by atoms with Gasteiger partial charge in [-0.15, -0.1) is 0 Å². The highest BCUT2D eigenvalue weighted by Gasteiger charge is 2.34. The van der Waals surface area contributed by atoms with E-state index in [4.69, 9.17) is 0 Å². The van der Waals surface area contributed by atoms with Gasteiger partial charge in [0, 0.05) is 36.0 Å². The van der Waals surface area contributed by atoms with Crippen molar-refractivity contribution in [1.29, 1.82) is 0 Å². The molecule has 3 N–H and O–H groups in total. The maximum Gasteiger partial charge on any atom is 0.251 e. The van der Waals surface area contributed by atoms with Gasteiger partial charge < -0.3 is 16.0 Å². The first kappa shape index (κ1) is 18.6. The van der Waals surface area contributed by atoms with E-state index in [0.717, 1.165) is 18.5 Å². The number of hydrogen-bond acceptors (Lipinski definition) is 4. The molecule has 3 heterocycles. The molecule has 2 bridgehead atoms. The molecule has 146 valence electrons. The molecule has 2 unspecified atom stereocenters. The average Bonchev–Trinajstić information content (AvgIpc) is 3.05. The molecule has 6 nitrogen and oxygen atoms in total. The highest BCUT2D eigenvalue weighted by Crippen LogP contribution is 2.32. The zero-order chi connectivity index (χ0) is 19.3. The summed E-state index contributed by atoms with van der Waals surface area (Å²) in [4.78, 5) is 29.1. The van der Waals surface area contributed by atoms with Crippen molar-refractivity contribution in [2.45, 2.75) is 50.7 Å². The molecule has 2 saturated heterocycles. The van der Waals surface area contributed by atoms with Gasteiger partial charge >= 0.3 is 0 Å². The number of nitrogens with one attached hydrogen (secondary N) is 3. The molecule has 2 amide bonds. The van der Waals surface area contributed by atoms with Crippen molar-refractivity contribution in [2.75, 3.05) is 5.32 Å². The third kappa shape index (κ3) is 4.75. The number of fused-ring (bicyclic) bond motifs is 2. The Hall–Kier alpha value is -2.73. The Morgan fingerprint density at radius 3 is 2.64 bits per heavy atom. The number of hydrogen-bond donors (Lipinski definition) is 3. The predicted octanol–water partition coefficient (Wildman–Crippen LogP) is 2.87. The molecule has 2 atom stereocenters. The monoisotopic (exact) mass is 378 g/mol. The molecule has 6 heteroatoms. The Labute approximate surface area is 165 Å².